The number of fused-ring (bicyclic) bond motifs is 1. The molecule has 0 spiro atoms. The third-order valence-corrected chi connectivity index (χ3v) is 4.18. The molecule has 22 heavy (non-hydrogen) atoms. The molecule has 1 aromatic heterocycles. The average Bonchev–Trinajstić information content (AvgIpc) is 3.15. The predicted octanol–water partition coefficient (Wildman–Crippen LogP) is 1.11. The highest BCUT2D eigenvalue weighted by atomic mass is 16.5. The Hall–Kier alpha value is -1.66. The van der Waals surface area contributed by atoms with Gasteiger partial charge in [-0.25, -0.2) is 4.98 Å². The molecule has 0 saturated carbocycles. The molecule has 0 aromatic carbocycles. The summed E-state index contributed by atoms with van der Waals surface area (Å²) < 4.78 is 16.3. The minimum absolute atomic E-state index is 0.0951. The van der Waals surface area contributed by atoms with E-state index in [0.717, 1.165) is 30.5 Å². The number of hydrogen-bond acceptors (Lipinski definition) is 5. The Balaban J connectivity index is 1.77. The van der Waals surface area contributed by atoms with Gasteiger partial charge in [-0.2, -0.15) is 0 Å². The van der Waals surface area contributed by atoms with Gasteiger partial charge in [0.15, 0.2) is 0 Å². The number of carbonyl (C=O) groups excluding carboxylic acids is 1. The van der Waals surface area contributed by atoms with Crippen molar-refractivity contribution in [1.82, 2.24) is 10.3 Å². The second-order valence-electron chi connectivity index (χ2n) is 5.62. The average molecular weight is 306 g/mol. The van der Waals surface area contributed by atoms with Crippen LogP contribution in [0, 0.1) is 0 Å². The molecular formula is C16H22N2O4. The lowest BCUT2D eigenvalue weighted by Crippen LogP contribution is -2.44. The fourth-order valence-corrected chi connectivity index (χ4v) is 3.07. The summed E-state index contributed by atoms with van der Waals surface area (Å²) in [4.78, 5) is 17.1. The first-order valence-corrected chi connectivity index (χ1v) is 7.80. The molecule has 2 atom stereocenters. The fourth-order valence-electron chi connectivity index (χ4n) is 3.07. The molecule has 6 heteroatoms. The Morgan fingerprint density at radius 2 is 2.32 bits per heavy atom. The number of carbonyl (C=O) groups is 1. The number of rotatable bonds is 5. The second kappa shape index (κ2) is 6.62. The standard InChI is InChI=1S/C16H22N2O4/c1-3-22-14-9-21-8-13(14)17-15(19)11-7-10-5-4-6-12(10)18-16(11)20-2/h7,13-14H,3-6,8-9H2,1-2H3,(H,17,19)/t13-,14-/m0/s1. The third kappa shape index (κ3) is 2.94. The first-order valence-electron chi connectivity index (χ1n) is 7.80. The molecule has 2 aliphatic rings. The van der Waals surface area contributed by atoms with Gasteiger partial charge < -0.3 is 19.5 Å². The summed E-state index contributed by atoms with van der Waals surface area (Å²) in [5.41, 5.74) is 2.69. The van der Waals surface area contributed by atoms with Gasteiger partial charge >= 0.3 is 0 Å². The highest BCUT2D eigenvalue weighted by Crippen LogP contribution is 2.26. The summed E-state index contributed by atoms with van der Waals surface area (Å²) in [6.45, 7) is 3.52. The van der Waals surface area contributed by atoms with Crippen LogP contribution in [0.2, 0.25) is 0 Å². The van der Waals surface area contributed by atoms with Crippen LogP contribution in [0.1, 0.15) is 35.0 Å². The van der Waals surface area contributed by atoms with Crippen LogP contribution in [0.4, 0.5) is 0 Å². The van der Waals surface area contributed by atoms with Gasteiger partial charge in [0.05, 0.1) is 26.4 Å². The molecule has 1 amide bonds. The summed E-state index contributed by atoms with van der Waals surface area (Å²) in [5, 5.41) is 2.99. The minimum Gasteiger partial charge on any atom is -0.480 e. The van der Waals surface area contributed by atoms with Crippen LogP contribution in [0.5, 0.6) is 5.88 Å². The van der Waals surface area contributed by atoms with Gasteiger partial charge in [0.1, 0.15) is 11.7 Å². The van der Waals surface area contributed by atoms with E-state index < -0.39 is 0 Å². The van der Waals surface area contributed by atoms with E-state index in [-0.39, 0.29) is 18.1 Å². The minimum atomic E-state index is -0.181. The van der Waals surface area contributed by atoms with E-state index in [1.54, 1.807) is 7.11 Å². The number of amides is 1. The Bertz CT molecular complexity index is 561. The molecular weight excluding hydrogens is 284 g/mol. The normalized spacial score (nSPS) is 23.4. The third-order valence-electron chi connectivity index (χ3n) is 4.18. The number of nitrogens with zero attached hydrogens (tertiary/aromatic N) is 1. The molecule has 0 unspecified atom stereocenters. The first-order chi connectivity index (χ1) is 10.7. The molecule has 1 saturated heterocycles. The maximum atomic E-state index is 12.6. The Morgan fingerprint density at radius 3 is 3.09 bits per heavy atom. The molecule has 1 aliphatic heterocycles. The van der Waals surface area contributed by atoms with Crippen LogP contribution in [-0.2, 0) is 22.3 Å². The zero-order chi connectivity index (χ0) is 15.5. The largest absolute Gasteiger partial charge is 0.480 e. The lowest BCUT2D eigenvalue weighted by molar-refractivity contribution is 0.0402. The van der Waals surface area contributed by atoms with Gasteiger partial charge in [-0.1, -0.05) is 0 Å². The molecule has 120 valence electrons. The van der Waals surface area contributed by atoms with Crippen molar-refractivity contribution >= 4 is 5.91 Å². The van der Waals surface area contributed by atoms with Crippen LogP contribution in [0.15, 0.2) is 6.07 Å². The lowest BCUT2D eigenvalue weighted by atomic mass is 10.1. The van der Waals surface area contributed by atoms with Crippen molar-refractivity contribution in [2.24, 2.45) is 0 Å². The molecule has 3 rings (SSSR count). The van der Waals surface area contributed by atoms with Gasteiger partial charge in [0.25, 0.3) is 5.91 Å². The van der Waals surface area contributed by atoms with E-state index in [2.05, 4.69) is 10.3 Å². The number of ether oxygens (including phenoxy) is 3. The van der Waals surface area contributed by atoms with E-state index in [1.807, 2.05) is 13.0 Å². The van der Waals surface area contributed by atoms with Crippen LogP contribution < -0.4 is 10.1 Å². The zero-order valence-corrected chi connectivity index (χ0v) is 13.1. The van der Waals surface area contributed by atoms with Gasteiger partial charge in [0.2, 0.25) is 5.88 Å². The molecule has 6 nitrogen and oxygen atoms in total. The topological polar surface area (TPSA) is 69.7 Å². The van der Waals surface area contributed by atoms with Crippen LogP contribution >= 0.6 is 0 Å². The van der Waals surface area contributed by atoms with Crippen molar-refractivity contribution in [3.63, 3.8) is 0 Å². The van der Waals surface area contributed by atoms with Crippen molar-refractivity contribution in [3.05, 3.63) is 22.9 Å². The molecule has 1 aromatic rings. The van der Waals surface area contributed by atoms with E-state index in [9.17, 15) is 4.79 Å². The Labute approximate surface area is 130 Å². The molecule has 2 heterocycles. The summed E-state index contributed by atoms with van der Waals surface area (Å²) in [7, 11) is 1.54. The molecule has 0 bridgehead atoms. The van der Waals surface area contributed by atoms with Crippen molar-refractivity contribution in [3.8, 4) is 5.88 Å². The maximum Gasteiger partial charge on any atom is 0.257 e. The lowest BCUT2D eigenvalue weighted by Gasteiger charge is -2.19. The fraction of sp³-hybridized carbons (Fsp3) is 0.625. The Kier molecular flexibility index (Phi) is 4.59. The van der Waals surface area contributed by atoms with E-state index >= 15 is 0 Å². The number of hydrogen-bond donors (Lipinski definition) is 1. The van der Waals surface area contributed by atoms with Crippen LogP contribution in [0.25, 0.3) is 0 Å². The van der Waals surface area contributed by atoms with E-state index in [0.29, 0.717) is 31.3 Å². The van der Waals surface area contributed by atoms with Crippen LogP contribution in [-0.4, -0.2) is 50.0 Å². The predicted molar refractivity (Wildman–Crippen MR) is 80.3 cm³/mol. The van der Waals surface area contributed by atoms with Gasteiger partial charge in [0, 0.05) is 12.3 Å². The summed E-state index contributed by atoms with van der Waals surface area (Å²) >= 11 is 0. The molecule has 1 N–H and O–H groups in total. The van der Waals surface area contributed by atoms with Gasteiger partial charge in [-0.15, -0.1) is 0 Å². The maximum absolute atomic E-state index is 12.6. The quantitative estimate of drug-likeness (QED) is 0.882. The number of pyridine rings is 1. The summed E-state index contributed by atoms with van der Waals surface area (Å²) in [6.07, 6.45) is 2.92. The van der Waals surface area contributed by atoms with Gasteiger partial charge in [-0.3, -0.25) is 4.79 Å². The Morgan fingerprint density at radius 1 is 1.45 bits per heavy atom. The highest BCUT2D eigenvalue weighted by Gasteiger charge is 2.31. The highest BCUT2D eigenvalue weighted by molar-refractivity contribution is 5.97. The molecule has 1 fully saturated rings. The van der Waals surface area contributed by atoms with Crippen molar-refractivity contribution in [1.29, 1.82) is 0 Å². The number of aryl methyl sites for hydroxylation is 2. The monoisotopic (exact) mass is 306 g/mol. The van der Waals surface area contributed by atoms with E-state index in [4.69, 9.17) is 14.2 Å². The molecule has 0 radical (unpaired) electrons. The number of aromatic nitrogens is 1. The smallest absolute Gasteiger partial charge is 0.257 e. The van der Waals surface area contributed by atoms with Crippen molar-refractivity contribution in [2.45, 2.75) is 38.3 Å². The van der Waals surface area contributed by atoms with Gasteiger partial charge in [-0.05, 0) is 37.8 Å². The number of nitrogens with one attached hydrogen (secondary N) is 1. The second-order valence-corrected chi connectivity index (χ2v) is 5.62. The SMILES string of the molecule is CCO[C@H]1COC[C@@H]1NC(=O)c1cc2c(nc1OC)CCC2. The summed E-state index contributed by atoms with van der Waals surface area (Å²) in [6, 6.07) is 1.78. The van der Waals surface area contributed by atoms with Crippen LogP contribution in [0.3, 0.4) is 0 Å². The zero-order valence-electron chi connectivity index (χ0n) is 13.1. The molecule has 1 aliphatic carbocycles. The van der Waals surface area contributed by atoms with Crippen molar-refractivity contribution in [2.75, 3.05) is 26.9 Å². The number of methoxy groups -OCH3 is 1. The summed E-state index contributed by atoms with van der Waals surface area (Å²) in [5.74, 6) is 0.212. The van der Waals surface area contributed by atoms with Crippen molar-refractivity contribution < 1.29 is 19.0 Å². The first kappa shape index (κ1) is 15.2. The van der Waals surface area contributed by atoms with E-state index in [1.165, 1.54) is 0 Å².